The van der Waals surface area contributed by atoms with Gasteiger partial charge in [-0.1, -0.05) is 17.9 Å². The number of carbonyl (C=O) groups is 1. The highest BCUT2D eigenvalue weighted by Crippen LogP contribution is 2.22. The Balaban J connectivity index is 3.07. The van der Waals surface area contributed by atoms with Crippen LogP contribution in [0.25, 0.3) is 0 Å². The van der Waals surface area contributed by atoms with E-state index in [1.54, 1.807) is 13.8 Å². The molecule has 1 rings (SSSR count). The molecule has 0 fully saturated rings. The topological polar surface area (TPSA) is 72.2 Å². The summed E-state index contributed by atoms with van der Waals surface area (Å²) in [6, 6.07) is 3.34. The van der Waals surface area contributed by atoms with Crippen molar-refractivity contribution in [3.8, 4) is 11.8 Å². The van der Waals surface area contributed by atoms with Crippen LogP contribution in [0.2, 0.25) is 0 Å². The molecule has 18 heavy (non-hydrogen) atoms. The molecule has 0 aromatic heterocycles. The lowest BCUT2D eigenvalue weighted by Crippen LogP contribution is -2.19. The van der Waals surface area contributed by atoms with Gasteiger partial charge in [0.25, 0.3) is 5.69 Å². The maximum absolute atomic E-state index is 10.9. The van der Waals surface area contributed by atoms with Gasteiger partial charge in [-0.2, -0.15) is 0 Å². The third kappa shape index (κ3) is 3.59. The second kappa shape index (κ2) is 5.82. The van der Waals surface area contributed by atoms with Gasteiger partial charge in [0.1, 0.15) is 5.56 Å². The van der Waals surface area contributed by atoms with Crippen LogP contribution in [0.1, 0.15) is 23.6 Å². The number of nitrogens with zero attached hydrogens (tertiary/aromatic N) is 1. The first-order valence-corrected chi connectivity index (χ1v) is 5.40. The number of benzene rings is 1. The Labute approximate surface area is 105 Å². The molecule has 0 atom stereocenters. The van der Waals surface area contributed by atoms with Crippen LogP contribution in [0.15, 0.2) is 12.1 Å². The second-order valence-corrected chi connectivity index (χ2v) is 3.94. The normalized spacial score (nSPS) is 9.28. The van der Waals surface area contributed by atoms with Crippen molar-refractivity contribution in [1.82, 2.24) is 5.32 Å². The molecule has 0 aliphatic carbocycles. The second-order valence-electron chi connectivity index (χ2n) is 3.94. The van der Waals surface area contributed by atoms with E-state index in [1.165, 1.54) is 13.0 Å². The van der Waals surface area contributed by atoms with Crippen molar-refractivity contribution in [2.24, 2.45) is 0 Å². The average molecular weight is 246 g/mol. The molecule has 0 bridgehead atoms. The third-order valence-corrected chi connectivity index (χ3v) is 2.29. The van der Waals surface area contributed by atoms with Gasteiger partial charge in [0, 0.05) is 13.0 Å². The zero-order valence-corrected chi connectivity index (χ0v) is 10.5. The number of aryl methyl sites for hydroxylation is 2. The SMILES string of the molecule is CC(=O)NCC#Cc1c(C)cc(C)cc1[N+](=O)[O-]. The number of rotatable bonds is 2. The van der Waals surface area contributed by atoms with Crippen molar-refractivity contribution in [2.75, 3.05) is 6.54 Å². The smallest absolute Gasteiger partial charge is 0.285 e. The molecule has 5 heteroatoms. The standard InChI is InChI=1S/C13H14N2O3/c1-9-7-10(2)12(13(8-9)15(17)18)5-4-6-14-11(3)16/h7-8H,6H2,1-3H3,(H,14,16). The van der Waals surface area contributed by atoms with E-state index in [9.17, 15) is 14.9 Å². The molecule has 0 saturated carbocycles. The number of nitro benzene ring substituents is 1. The maximum Gasteiger partial charge on any atom is 0.285 e. The van der Waals surface area contributed by atoms with Gasteiger partial charge in [-0.3, -0.25) is 14.9 Å². The molecule has 1 amide bonds. The Bertz CT molecular complexity index is 553. The highest BCUT2D eigenvalue weighted by molar-refractivity contribution is 5.73. The maximum atomic E-state index is 10.9. The van der Waals surface area contributed by atoms with Crippen molar-refractivity contribution in [3.05, 3.63) is 38.9 Å². The summed E-state index contributed by atoms with van der Waals surface area (Å²) in [7, 11) is 0. The molecule has 0 spiro atoms. The summed E-state index contributed by atoms with van der Waals surface area (Å²) in [5.74, 6) is 5.26. The zero-order valence-electron chi connectivity index (χ0n) is 10.5. The Morgan fingerprint density at radius 3 is 2.67 bits per heavy atom. The fraction of sp³-hybridized carbons (Fsp3) is 0.308. The lowest BCUT2D eigenvalue weighted by Gasteiger charge is -2.02. The first-order chi connectivity index (χ1) is 8.41. The van der Waals surface area contributed by atoms with Crippen LogP contribution in [0.3, 0.4) is 0 Å². The van der Waals surface area contributed by atoms with Gasteiger partial charge in [0.05, 0.1) is 11.5 Å². The van der Waals surface area contributed by atoms with E-state index in [4.69, 9.17) is 0 Å². The minimum absolute atomic E-state index is 0.00262. The summed E-state index contributed by atoms with van der Waals surface area (Å²) in [5, 5.41) is 13.4. The van der Waals surface area contributed by atoms with Crippen LogP contribution in [-0.2, 0) is 4.79 Å². The van der Waals surface area contributed by atoms with Crippen LogP contribution in [-0.4, -0.2) is 17.4 Å². The molecule has 0 aliphatic heterocycles. The summed E-state index contributed by atoms with van der Waals surface area (Å²) in [6.45, 7) is 5.15. The van der Waals surface area contributed by atoms with Gasteiger partial charge in [-0.25, -0.2) is 0 Å². The first kappa shape index (κ1) is 13.7. The molecule has 1 aromatic carbocycles. The number of carbonyl (C=O) groups excluding carboxylic acids is 1. The van der Waals surface area contributed by atoms with Gasteiger partial charge < -0.3 is 5.32 Å². The van der Waals surface area contributed by atoms with Gasteiger partial charge in [-0.05, 0) is 25.0 Å². The minimum Gasteiger partial charge on any atom is -0.345 e. The Kier molecular flexibility index (Phi) is 4.44. The van der Waals surface area contributed by atoms with E-state index in [1.807, 2.05) is 6.07 Å². The number of hydrogen-bond acceptors (Lipinski definition) is 3. The summed E-state index contributed by atoms with van der Waals surface area (Å²) < 4.78 is 0. The number of hydrogen-bond donors (Lipinski definition) is 1. The fourth-order valence-electron chi connectivity index (χ4n) is 1.55. The molecule has 1 N–H and O–H groups in total. The van der Waals surface area contributed by atoms with E-state index in [2.05, 4.69) is 17.2 Å². The molecule has 1 aromatic rings. The minimum atomic E-state index is -0.442. The van der Waals surface area contributed by atoms with Gasteiger partial charge in [0.2, 0.25) is 5.91 Å². The Morgan fingerprint density at radius 2 is 2.11 bits per heavy atom. The van der Waals surface area contributed by atoms with E-state index in [0.29, 0.717) is 5.56 Å². The summed E-state index contributed by atoms with van der Waals surface area (Å²) in [6.07, 6.45) is 0. The molecular formula is C13H14N2O3. The summed E-state index contributed by atoms with van der Waals surface area (Å²) >= 11 is 0. The summed E-state index contributed by atoms with van der Waals surface area (Å²) in [5.41, 5.74) is 1.99. The third-order valence-electron chi connectivity index (χ3n) is 2.29. The van der Waals surface area contributed by atoms with E-state index in [-0.39, 0.29) is 18.1 Å². The first-order valence-electron chi connectivity index (χ1n) is 5.40. The van der Waals surface area contributed by atoms with Crippen LogP contribution >= 0.6 is 0 Å². The van der Waals surface area contributed by atoms with Crippen LogP contribution < -0.4 is 5.32 Å². The van der Waals surface area contributed by atoms with Crippen molar-refractivity contribution in [3.63, 3.8) is 0 Å². The average Bonchev–Trinajstić information content (AvgIpc) is 2.25. The van der Waals surface area contributed by atoms with Gasteiger partial charge >= 0.3 is 0 Å². The molecule has 94 valence electrons. The van der Waals surface area contributed by atoms with Gasteiger partial charge in [-0.15, -0.1) is 0 Å². The van der Waals surface area contributed by atoms with Crippen LogP contribution in [0.4, 0.5) is 5.69 Å². The van der Waals surface area contributed by atoms with E-state index in [0.717, 1.165) is 11.1 Å². The monoisotopic (exact) mass is 246 g/mol. The van der Waals surface area contributed by atoms with Crippen LogP contribution in [0.5, 0.6) is 0 Å². The number of amides is 1. The van der Waals surface area contributed by atoms with Crippen molar-refractivity contribution in [1.29, 1.82) is 0 Å². The quantitative estimate of drug-likeness (QED) is 0.490. The van der Waals surface area contributed by atoms with E-state index < -0.39 is 4.92 Å². The largest absolute Gasteiger partial charge is 0.345 e. The molecule has 5 nitrogen and oxygen atoms in total. The number of nitro groups is 1. The molecule has 0 unspecified atom stereocenters. The van der Waals surface area contributed by atoms with Crippen LogP contribution in [0, 0.1) is 35.8 Å². The molecule has 0 aliphatic rings. The number of nitrogens with one attached hydrogen (secondary N) is 1. The molecule has 0 saturated heterocycles. The van der Waals surface area contributed by atoms with E-state index >= 15 is 0 Å². The van der Waals surface area contributed by atoms with Gasteiger partial charge in [0.15, 0.2) is 0 Å². The lowest BCUT2D eigenvalue weighted by molar-refractivity contribution is -0.385. The highest BCUT2D eigenvalue weighted by atomic mass is 16.6. The molecule has 0 heterocycles. The molecular weight excluding hydrogens is 232 g/mol. The summed E-state index contributed by atoms with van der Waals surface area (Å²) in [4.78, 5) is 21.1. The predicted octanol–water partition coefficient (Wildman–Crippen LogP) is 1.70. The fourth-order valence-corrected chi connectivity index (χ4v) is 1.55. The Hall–Kier alpha value is -2.35. The van der Waals surface area contributed by atoms with Crippen molar-refractivity contribution >= 4 is 11.6 Å². The Morgan fingerprint density at radius 1 is 1.44 bits per heavy atom. The zero-order chi connectivity index (χ0) is 13.7. The van der Waals surface area contributed by atoms with Crippen molar-refractivity contribution in [2.45, 2.75) is 20.8 Å². The van der Waals surface area contributed by atoms with Crippen molar-refractivity contribution < 1.29 is 9.72 Å². The predicted molar refractivity (Wildman–Crippen MR) is 68.1 cm³/mol. The molecule has 0 radical (unpaired) electrons. The lowest BCUT2D eigenvalue weighted by atomic mass is 10.0. The highest BCUT2D eigenvalue weighted by Gasteiger charge is 2.14.